The Morgan fingerprint density at radius 2 is 0.279 bits per heavy atom. The molecule has 1 radical (unpaired) electrons. The third kappa shape index (κ3) is 29.5. The quantitative estimate of drug-likeness (QED) is 0.221. The van der Waals surface area contributed by atoms with Gasteiger partial charge in [-0.05, 0) is 43.3 Å². The van der Waals surface area contributed by atoms with Gasteiger partial charge in [0.05, 0.1) is 0 Å². The van der Waals surface area contributed by atoms with Crippen molar-refractivity contribution in [3.05, 3.63) is 21.6 Å². The van der Waals surface area contributed by atoms with Crippen LogP contribution in [0.4, 0.5) is 0 Å². The second kappa shape index (κ2) is 19.9. The Bertz CT molecular complexity index is 626. The van der Waals surface area contributed by atoms with Crippen LogP contribution in [0.5, 0.6) is 0 Å². The number of nitrogens with zero attached hydrogens (tertiary/aromatic N) is 4. The monoisotopic (exact) mass is 630 g/mol. The molecule has 0 bridgehead atoms. The fourth-order valence-electron chi connectivity index (χ4n) is 4.50. The Labute approximate surface area is 306 Å². The number of rotatable bonds is 0. The van der Waals surface area contributed by atoms with Gasteiger partial charge in [-0.3, -0.25) is 0 Å². The summed E-state index contributed by atoms with van der Waals surface area (Å²) in [6, 6.07) is 0. The van der Waals surface area contributed by atoms with Crippen molar-refractivity contribution in [2.45, 2.75) is 166 Å². The van der Waals surface area contributed by atoms with E-state index in [-0.39, 0.29) is 98.1 Å². The van der Waals surface area contributed by atoms with E-state index in [4.69, 9.17) is 0 Å². The molecular weight excluding hydrogens is 557 g/mol. The van der Waals surface area contributed by atoms with Gasteiger partial charge in [0.25, 0.3) is 0 Å². The van der Waals surface area contributed by atoms with Crippen LogP contribution in [0.3, 0.4) is 0 Å². The van der Waals surface area contributed by atoms with Crippen molar-refractivity contribution < 1.29 is 54.8 Å². The molecule has 43 heavy (non-hydrogen) atoms. The molecule has 0 heterocycles. The summed E-state index contributed by atoms with van der Waals surface area (Å²) in [5, 5.41) is 38.6. The molecule has 0 atom stereocenters. The third-order valence-electron chi connectivity index (χ3n) is 5.68. The summed E-state index contributed by atoms with van der Waals surface area (Å²) in [4.78, 5) is 0. The number of hydrogen-bond acceptors (Lipinski definition) is 0. The van der Waals surface area contributed by atoms with Crippen LogP contribution in [0.1, 0.15) is 166 Å². The van der Waals surface area contributed by atoms with E-state index >= 15 is 0 Å². The van der Waals surface area contributed by atoms with Gasteiger partial charge in [0, 0.05) is 0 Å². The van der Waals surface area contributed by atoms with Crippen LogP contribution in [0.25, 0.3) is 21.6 Å². The van der Waals surface area contributed by atoms with Gasteiger partial charge in [-0.2, -0.15) is 22.8 Å². The van der Waals surface area contributed by atoms with Gasteiger partial charge in [0.15, 0.2) is 0 Å². The molecule has 0 spiro atoms. The third-order valence-corrected chi connectivity index (χ3v) is 5.68. The molecule has 245 valence electrons. The Hall–Kier alpha value is 0.394. The summed E-state index contributed by atoms with van der Waals surface area (Å²) in [6.07, 6.45) is 0. The largest absolute Gasteiger partial charge is 2.00 e. The van der Waals surface area contributed by atoms with Crippen LogP contribution in [-0.2, 0) is 17.1 Å². The fourth-order valence-corrected chi connectivity index (χ4v) is 4.50. The molecule has 4 nitrogen and oxygen atoms in total. The van der Waals surface area contributed by atoms with E-state index in [9.17, 15) is 21.6 Å². The molecule has 0 aromatic heterocycles. The number of hydrogen-bond donors (Lipinski definition) is 0. The molecule has 7 heteroatoms. The first-order valence-corrected chi connectivity index (χ1v) is 14.9. The topological polar surface area (TPSA) is 89.2 Å². The molecule has 0 amide bonds. The Kier molecular flexibility index (Phi) is 27.3. The summed E-state index contributed by atoms with van der Waals surface area (Å²) >= 11 is 0. The van der Waals surface area contributed by atoms with Crippen molar-refractivity contribution in [2.75, 3.05) is 0 Å². The SMILES string of the molecule is CC(C)(C)C(=[N-])C(C)(C)C.CC(C)(C)C(=[N-])C(C)(C)C.CC(C)(C)C(=[N-])C(C)(C)C.CC(C)(C)C(=[N-])C(C)(C)C.[Li+].[Li+].[Mn+2]. The minimum Gasteiger partial charge on any atom is -0.810 e. The minimum absolute atomic E-state index is 0. The summed E-state index contributed by atoms with van der Waals surface area (Å²) in [5.74, 6) is 0. The van der Waals surface area contributed by atoms with E-state index in [1.807, 2.05) is 166 Å². The molecule has 0 saturated heterocycles. The summed E-state index contributed by atoms with van der Waals surface area (Å²) in [7, 11) is 0. The molecule has 0 aliphatic heterocycles. The van der Waals surface area contributed by atoms with Gasteiger partial charge in [-0.15, -0.1) is 0 Å². The Balaban J connectivity index is -0.0000000785. The van der Waals surface area contributed by atoms with E-state index in [0.29, 0.717) is 22.8 Å². The smallest absolute Gasteiger partial charge is 0.810 e. The molecule has 0 saturated carbocycles. The molecule has 0 fully saturated rings. The first-order chi connectivity index (χ1) is 16.6. The zero-order chi connectivity index (χ0) is 34.3. The molecule has 0 aliphatic carbocycles. The zero-order valence-electron chi connectivity index (χ0n) is 34.2. The van der Waals surface area contributed by atoms with E-state index in [0.717, 1.165) is 0 Å². The maximum atomic E-state index is 9.64. The van der Waals surface area contributed by atoms with Crippen molar-refractivity contribution in [1.29, 1.82) is 0 Å². The predicted molar refractivity (Wildman–Crippen MR) is 189 cm³/mol. The van der Waals surface area contributed by atoms with Crippen LogP contribution in [0.2, 0.25) is 0 Å². The van der Waals surface area contributed by atoms with Crippen LogP contribution >= 0.6 is 0 Å². The Morgan fingerprint density at radius 1 is 0.233 bits per heavy atom. The first-order valence-electron chi connectivity index (χ1n) is 14.9. The van der Waals surface area contributed by atoms with E-state index in [1.165, 1.54) is 0 Å². The first kappa shape index (κ1) is 58.9. The standard InChI is InChI=1S/4C9H18N.2Li.Mn/c4*1-8(2,3)7(10)9(4,5)6;;;/h4*1-6H3;;;/q4*-1;2*+1;+2. The van der Waals surface area contributed by atoms with E-state index < -0.39 is 0 Å². The molecule has 0 aliphatic rings. The molecular formula is C36H72Li2MnN4. The fraction of sp³-hybridized carbons (Fsp3) is 0.889. The average Bonchev–Trinajstić information content (AvgIpc) is 2.61. The summed E-state index contributed by atoms with van der Waals surface area (Å²) in [5.41, 5.74) is 1.60. The van der Waals surface area contributed by atoms with Gasteiger partial charge >= 0.3 is 54.8 Å². The van der Waals surface area contributed by atoms with Gasteiger partial charge in [0.2, 0.25) is 0 Å². The van der Waals surface area contributed by atoms with Crippen LogP contribution in [-0.4, -0.2) is 22.8 Å². The zero-order valence-corrected chi connectivity index (χ0v) is 35.3. The van der Waals surface area contributed by atoms with Gasteiger partial charge in [-0.25, -0.2) is 0 Å². The van der Waals surface area contributed by atoms with E-state index in [1.54, 1.807) is 0 Å². The predicted octanol–water partition coefficient (Wildman–Crippen LogP) is 6.36. The summed E-state index contributed by atoms with van der Waals surface area (Å²) in [6.45, 7) is 48.5. The van der Waals surface area contributed by atoms with Gasteiger partial charge < -0.3 is 21.6 Å². The second-order valence-corrected chi connectivity index (χ2v) is 19.4. The normalized spacial score (nSPS) is 12.5. The van der Waals surface area contributed by atoms with Gasteiger partial charge in [-0.1, -0.05) is 166 Å². The Morgan fingerprint density at radius 3 is 0.279 bits per heavy atom. The van der Waals surface area contributed by atoms with E-state index in [2.05, 4.69) is 0 Å². The maximum absolute atomic E-state index is 9.64. The molecule has 0 aromatic rings. The van der Waals surface area contributed by atoms with Crippen molar-refractivity contribution in [1.82, 2.24) is 0 Å². The molecule has 0 unspecified atom stereocenters. The van der Waals surface area contributed by atoms with Gasteiger partial charge in [0.1, 0.15) is 0 Å². The van der Waals surface area contributed by atoms with Crippen molar-refractivity contribution in [3.8, 4) is 0 Å². The second-order valence-electron chi connectivity index (χ2n) is 19.4. The molecule has 0 aromatic carbocycles. The van der Waals surface area contributed by atoms with Crippen LogP contribution in [0.15, 0.2) is 0 Å². The van der Waals surface area contributed by atoms with Crippen molar-refractivity contribution in [2.24, 2.45) is 43.3 Å². The van der Waals surface area contributed by atoms with Crippen LogP contribution in [0, 0.1) is 43.3 Å². The van der Waals surface area contributed by atoms with Crippen LogP contribution < -0.4 is 37.7 Å². The minimum atomic E-state index is -0.0851. The average molecular weight is 630 g/mol. The van der Waals surface area contributed by atoms with Crippen molar-refractivity contribution in [3.63, 3.8) is 0 Å². The van der Waals surface area contributed by atoms with Crippen molar-refractivity contribution >= 4 is 22.8 Å². The molecule has 0 N–H and O–H groups in total. The summed E-state index contributed by atoms with van der Waals surface area (Å²) < 4.78 is 0. The maximum Gasteiger partial charge on any atom is 2.00 e. The molecule has 0 rings (SSSR count).